The Morgan fingerprint density at radius 3 is 2.89 bits per heavy atom. The molecule has 100 valence electrons. The van der Waals surface area contributed by atoms with Crippen molar-refractivity contribution in [3.63, 3.8) is 0 Å². The lowest BCUT2D eigenvalue weighted by molar-refractivity contribution is 0.0894. The van der Waals surface area contributed by atoms with E-state index in [0.717, 1.165) is 0 Å². The van der Waals surface area contributed by atoms with Crippen LogP contribution in [0, 0.1) is 0 Å². The number of benzene rings is 1. The molecule has 0 saturated heterocycles. The Morgan fingerprint density at radius 2 is 2.28 bits per heavy atom. The van der Waals surface area contributed by atoms with E-state index in [9.17, 15) is 4.79 Å². The number of nitrogens with one attached hydrogen (secondary N) is 1. The van der Waals surface area contributed by atoms with Crippen molar-refractivity contribution in [2.45, 2.75) is 12.5 Å². The zero-order valence-electron chi connectivity index (χ0n) is 9.88. The van der Waals surface area contributed by atoms with Gasteiger partial charge in [0.2, 0.25) is 0 Å². The molecule has 6 heteroatoms. The Hall–Kier alpha value is -0.290. The van der Waals surface area contributed by atoms with Crippen molar-refractivity contribution >= 4 is 45.0 Å². The minimum absolute atomic E-state index is 0.106. The number of carbonyl (C=O) groups excluding carboxylic acids is 1. The molecule has 1 aromatic carbocycles. The number of alkyl halides is 1. The number of carbonyl (C=O) groups is 1. The highest BCUT2D eigenvalue weighted by Crippen LogP contribution is 2.21. The van der Waals surface area contributed by atoms with Gasteiger partial charge in [-0.1, -0.05) is 11.6 Å². The van der Waals surface area contributed by atoms with Crippen LogP contribution in [0.4, 0.5) is 0 Å². The van der Waals surface area contributed by atoms with Gasteiger partial charge in [-0.3, -0.25) is 4.79 Å². The fourth-order valence-corrected chi connectivity index (χ4v) is 2.33. The molecule has 1 aromatic rings. The number of hydrogen-bond donors (Lipinski definition) is 1. The van der Waals surface area contributed by atoms with Crippen LogP contribution in [0.25, 0.3) is 0 Å². The minimum Gasteiger partial charge on any atom is -0.383 e. The monoisotopic (exact) mass is 353 g/mol. The molecule has 1 rings (SSSR count). The van der Waals surface area contributed by atoms with Crippen LogP contribution in [0.5, 0.6) is 0 Å². The zero-order chi connectivity index (χ0) is 13.5. The zero-order valence-corrected chi connectivity index (χ0v) is 13.0. The van der Waals surface area contributed by atoms with Gasteiger partial charge in [-0.15, -0.1) is 11.6 Å². The molecule has 0 heterocycles. The van der Waals surface area contributed by atoms with Crippen LogP contribution in [-0.2, 0) is 4.74 Å². The quantitative estimate of drug-likeness (QED) is 0.794. The molecule has 1 unspecified atom stereocenters. The van der Waals surface area contributed by atoms with Crippen molar-refractivity contribution in [3.8, 4) is 0 Å². The summed E-state index contributed by atoms with van der Waals surface area (Å²) in [6.45, 7) is 0.427. The summed E-state index contributed by atoms with van der Waals surface area (Å²) < 4.78 is 5.74. The van der Waals surface area contributed by atoms with Crippen LogP contribution in [0.15, 0.2) is 22.7 Å². The highest BCUT2D eigenvalue weighted by molar-refractivity contribution is 9.10. The molecular weight excluding hydrogens is 341 g/mol. The predicted molar refractivity (Wildman–Crippen MR) is 77.6 cm³/mol. The molecule has 0 radical (unpaired) electrons. The summed E-state index contributed by atoms with van der Waals surface area (Å²) in [7, 11) is 1.59. The second-order valence-electron chi connectivity index (χ2n) is 3.73. The molecule has 0 spiro atoms. The van der Waals surface area contributed by atoms with E-state index < -0.39 is 0 Å². The van der Waals surface area contributed by atoms with Crippen molar-refractivity contribution in [1.29, 1.82) is 0 Å². The third-order valence-corrected chi connectivity index (χ3v) is 3.48. The van der Waals surface area contributed by atoms with Gasteiger partial charge < -0.3 is 10.1 Å². The van der Waals surface area contributed by atoms with Gasteiger partial charge in [0, 0.05) is 22.5 Å². The topological polar surface area (TPSA) is 38.3 Å². The maximum Gasteiger partial charge on any atom is 0.252 e. The molecule has 1 atom stereocenters. The third-order valence-electron chi connectivity index (χ3n) is 2.33. The molecule has 1 N–H and O–H groups in total. The summed E-state index contributed by atoms with van der Waals surface area (Å²) >= 11 is 14.9. The first-order valence-electron chi connectivity index (χ1n) is 5.39. The number of hydrogen-bond acceptors (Lipinski definition) is 2. The highest BCUT2D eigenvalue weighted by atomic mass is 79.9. The summed E-state index contributed by atoms with van der Waals surface area (Å²) in [6.07, 6.45) is 0.652. The number of methoxy groups -OCH3 is 1. The van der Waals surface area contributed by atoms with Crippen LogP contribution in [0.2, 0.25) is 5.02 Å². The standard InChI is InChI=1S/C12H14BrCl2NO2/c1-18-7-9(4-5-14)16-12(17)10-6-8(15)2-3-11(10)13/h2-3,6,9H,4-5,7H2,1H3,(H,16,17). The van der Waals surface area contributed by atoms with Gasteiger partial charge in [0.1, 0.15) is 0 Å². The summed E-state index contributed by atoms with van der Waals surface area (Å²) in [5.41, 5.74) is 0.498. The molecule has 0 aliphatic carbocycles. The first-order chi connectivity index (χ1) is 8.58. The van der Waals surface area contributed by atoms with E-state index in [0.29, 0.717) is 34.0 Å². The average molecular weight is 355 g/mol. The fourth-order valence-electron chi connectivity index (χ4n) is 1.46. The number of rotatable bonds is 6. The number of halogens is 3. The summed E-state index contributed by atoms with van der Waals surface area (Å²) in [4.78, 5) is 12.1. The molecule has 0 aliphatic heterocycles. The van der Waals surface area contributed by atoms with E-state index in [-0.39, 0.29) is 11.9 Å². The normalized spacial score (nSPS) is 12.2. The smallest absolute Gasteiger partial charge is 0.252 e. The Labute approximate surface area is 125 Å². The van der Waals surface area contributed by atoms with Crippen molar-refractivity contribution in [1.82, 2.24) is 5.32 Å². The first kappa shape index (κ1) is 15.8. The number of ether oxygens (including phenoxy) is 1. The van der Waals surface area contributed by atoms with Gasteiger partial charge in [0.25, 0.3) is 5.91 Å². The molecule has 0 aliphatic rings. The van der Waals surface area contributed by atoms with Crippen molar-refractivity contribution in [2.24, 2.45) is 0 Å². The molecule has 18 heavy (non-hydrogen) atoms. The average Bonchev–Trinajstić information content (AvgIpc) is 2.33. The Bertz CT molecular complexity index is 409. The molecule has 0 saturated carbocycles. The van der Waals surface area contributed by atoms with E-state index in [1.807, 2.05) is 0 Å². The van der Waals surface area contributed by atoms with E-state index in [4.69, 9.17) is 27.9 Å². The van der Waals surface area contributed by atoms with Crippen LogP contribution in [0.3, 0.4) is 0 Å². The summed E-state index contributed by atoms with van der Waals surface area (Å²) in [5, 5.41) is 3.38. The van der Waals surface area contributed by atoms with Crippen molar-refractivity contribution in [3.05, 3.63) is 33.3 Å². The van der Waals surface area contributed by atoms with Gasteiger partial charge in [0.15, 0.2) is 0 Å². The molecule has 0 bridgehead atoms. The van der Waals surface area contributed by atoms with Crippen molar-refractivity contribution in [2.75, 3.05) is 19.6 Å². The number of amides is 1. The molecular formula is C12H14BrCl2NO2. The van der Waals surface area contributed by atoms with Crippen LogP contribution in [0.1, 0.15) is 16.8 Å². The van der Waals surface area contributed by atoms with Gasteiger partial charge in [-0.05, 0) is 40.5 Å². The van der Waals surface area contributed by atoms with E-state index >= 15 is 0 Å². The van der Waals surface area contributed by atoms with Crippen LogP contribution < -0.4 is 5.32 Å². The molecule has 0 fully saturated rings. The lowest BCUT2D eigenvalue weighted by Gasteiger charge is -2.17. The lowest BCUT2D eigenvalue weighted by Crippen LogP contribution is -2.38. The predicted octanol–water partition coefficient (Wildman–Crippen LogP) is 3.48. The van der Waals surface area contributed by atoms with E-state index in [1.165, 1.54) is 0 Å². The SMILES string of the molecule is COCC(CCCl)NC(=O)c1cc(Cl)ccc1Br. The van der Waals surface area contributed by atoms with Crippen LogP contribution in [-0.4, -0.2) is 31.5 Å². The van der Waals surface area contributed by atoms with E-state index in [1.54, 1.807) is 25.3 Å². The second kappa shape index (κ2) is 8.00. The highest BCUT2D eigenvalue weighted by Gasteiger charge is 2.15. The Morgan fingerprint density at radius 1 is 1.56 bits per heavy atom. The molecule has 3 nitrogen and oxygen atoms in total. The minimum atomic E-state index is -0.198. The Balaban J connectivity index is 2.76. The van der Waals surface area contributed by atoms with Crippen molar-refractivity contribution < 1.29 is 9.53 Å². The second-order valence-corrected chi connectivity index (χ2v) is 5.40. The van der Waals surface area contributed by atoms with Gasteiger partial charge >= 0.3 is 0 Å². The first-order valence-corrected chi connectivity index (χ1v) is 7.09. The largest absolute Gasteiger partial charge is 0.383 e. The van der Waals surface area contributed by atoms with Crippen LogP contribution >= 0.6 is 39.1 Å². The molecule has 0 aromatic heterocycles. The maximum atomic E-state index is 12.1. The van der Waals surface area contributed by atoms with E-state index in [2.05, 4.69) is 21.2 Å². The Kier molecular flexibility index (Phi) is 7.00. The third kappa shape index (κ3) is 4.76. The molecule has 1 amide bonds. The maximum absolute atomic E-state index is 12.1. The lowest BCUT2D eigenvalue weighted by atomic mass is 10.2. The van der Waals surface area contributed by atoms with Gasteiger partial charge in [0.05, 0.1) is 18.2 Å². The summed E-state index contributed by atoms with van der Waals surface area (Å²) in [5.74, 6) is 0.266. The fraction of sp³-hybridized carbons (Fsp3) is 0.417. The summed E-state index contributed by atoms with van der Waals surface area (Å²) in [6, 6.07) is 4.97. The van der Waals surface area contributed by atoms with Gasteiger partial charge in [-0.2, -0.15) is 0 Å². The van der Waals surface area contributed by atoms with Gasteiger partial charge in [-0.25, -0.2) is 0 Å².